The maximum atomic E-state index is 13.6. The number of nitrogens with one attached hydrogen (secondary N) is 1. The van der Waals surface area contributed by atoms with Crippen LogP contribution in [0.15, 0.2) is 87.3 Å². The van der Waals surface area contributed by atoms with E-state index in [1.807, 2.05) is 48.7 Å². The first-order chi connectivity index (χ1) is 18.5. The van der Waals surface area contributed by atoms with Crippen LogP contribution >= 0.6 is 23.1 Å². The van der Waals surface area contributed by atoms with E-state index in [1.165, 1.54) is 23.3 Å². The molecule has 1 N–H and O–H groups in total. The molecule has 1 amide bonds. The monoisotopic (exact) mass is 544 g/mol. The molecule has 2 aromatic carbocycles. The maximum absolute atomic E-state index is 13.6. The molecular weight excluding hydrogens is 523 g/mol. The highest BCUT2D eigenvalue weighted by Crippen LogP contribution is 2.34. The second-order valence-electron chi connectivity index (χ2n) is 8.82. The lowest BCUT2D eigenvalue weighted by molar-refractivity contribution is -0.130. The minimum absolute atomic E-state index is 0.00598. The standard InChI is InChI=1S/C27H21FN6O2S2/c1-16-4-10-19(11-5-16)33-25-20(14-29-33)26(36)31-27(30-25)38-15-24(35)34-22(17-6-8-18(28)9-7-17)13-21(32-34)23-3-2-12-37-23/h2-12,14,22H,13,15H2,1H3,(H,30,31,36)/t22-/m1/s1. The molecule has 0 spiro atoms. The van der Waals surface area contributed by atoms with E-state index in [1.54, 1.807) is 28.2 Å². The Bertz CT molecular complexity index is 1710. The van der Waals surface area contributed by atoms with Crippen molar-refractivity contribution in [2.24, 2.45) is 5.10 Å². The van der Waals surface area contributed by atoms with Crippen molar-refractivity contribution in [3.63, 3.8) is 0 Å². The highest BCUT2D eigenvalue weighted by Gasteiger charge is 2.33. The summed E-state index contributed by atoms with van der Waals surface area (Å²) in [7, 11) is 0. The molecule has 6 rings (SSSR count). The number of fused-ring (bicyclic) bond motifs is 1. The summed E-state index contributed by atoms with van der Waals surface area (Å²) in [6.07, 6.45) is 2.01. The molecule has 1 aliphatic heterocycles. The maximum Gasteiger partial charge on any atom is 0.262 e. The Morgan fingerprint density at radius 3 is 2.68 bits per heavy atom. The van der Waals surface area contributed by atoms with Gasteiger partial charge in [0.2, 0.25) is 0 Å². The Morgan fingerprint density at radius 1 is 1.16 bits per heavy atom. The van der Waals surface area contributed by atoms with Crippen LogP contribution in [0.2, 0.25) is 0 Å². The molecule has 1 atom stereocenters. The van der Waals surface area contributed by atoms with Crippen LogP contribution < -0.4 is 5.56 Å². The van der Waals surface area contributed by atoms with Gasteiger partial charge in [0.15, 0.2) is 10.8 Å². The molecule has 0 aliphatic carbocycles. The van der Waals surface area contributed by atoms with Gasteiger partial charge < -0.3 is 4.98 Å². The summed E-state index contributed by atoms with van der Waals surface area (Å²) in [5.41, 5.74) is 3.59. The minimum atomic E-state index is -0.349. The Morgan fingerprint density at radius 2 is 1.95 bits per heavy atom. The number of H-pyrrole nitrogens is 1. The van der Waals surface area contributed by atoms with Gasteiger partial charge >= 0.3 is 0 Å². The summed E-state index contributed by atoms with van der Waals surface area (Å²) < 4.78 is 15.2. The fourth-order valence-electron chi connectivity index (χ4n) is 4.31. The quantitative estimate of drug-likeness (QED) is 0.237. The van der Waals surface area contributed by atoms with Crippen LogP contribution in [0.25, 0.3) is 16.7 Å². The third-order valence-electron chi connectivity index (χ3n) is 6.25. The molecule has 0 radical (unpaired) electrons. The van der Waals surface area contributed by atoms with Crippen molar-refractivity contribution in [3.8, 4) is 5.69 Å². The van der Waals surface area contributed by atoms with Gasteiger partial charge in [0.25, 0.3) is 11.5 Å². The number of rotatable bonds is 6. The van der Waals surface area contributed by atoms with E-state index >= 15 is 0 Å². The van der Waals surface area contributed by atoms with Crippen LogP contribution in [-0.4, -0.2) is 42.1 Å². The highest BCUT2D eigenvalue weighted by molar-refractivity contribution is 7.99. The average molecular weight is 545 g/mol. The van der Waals surface area contributed by atoms with Crippen LogP contribution in [0.3, 0.4) is 0 Å². The van der Waals surface area contributed by atoms with E-state index in [2.05, 4.69) is 20.2 Å². The zero-order chi connectivity index (χ0) is 26.2. The summed E-state index contributed by atoms with van der Waals surface area (Å²) in [5, 5.41) is 13.1. The van der Waals surface area contributed by atoms with Gasteiger partial charge in [0.1, 0.15) is 11.2 Å². The Hall–Kier alpha value is -4.09. The van der Waals surface area contributed by atoms with Crippen molar-refractivity contribution in [1.29, 1.82) is 0 Å². The number of hydrazone groups is 1. The molecule has 11 heteroatoms. The third-order valence-corrected chi connectivity index (χ3v) is 8.03. The number of hydrogen-bond acceptors (Lipinski definition) is 7. The second kappa shape index (κ2) is 9.99. The molecule has 38 heavy (non-hydrogen) atoms. The molecule has 0 unspecified atom stereocenters. The molecule has 0 bridgehead atoms. The zero-order valence-corrected chi connectivity index (χ0v) is 21.8. The van der Waals surface area contributed by atoms with E-state index < -0.39 is 0 Å². The smallest absolute Gasteiger partial charge is 0.262 e. The van der Waals surface area contributed by atoms with Gasteiger partial charge in [-0.3, -0.25) is 9.59 Å². The number of hydrogen-bond donors (Lipinski definition) is 1. The number of thioether (sulfide) groups is 1. The van der Waals surface area contributed by atoms with Gasteiger partial charge in [0.05, 0.1) is 34.3 Å². The molecule has 3 aromatic heterocycles. The first-order valence-electron chi connectivity index (χ1n) is 11.8. The van der Waals surface area contributed by atoms with Crippen molar-refractivity contribution < 1.29 is 9.18 Å². The number of carbonyl (C=O) groups is 1. The van der Waals surface area contributed by atoms with Crippen LogP contribution in [0.4, 0.5) is 4.39 Å². The van der Waals surface area contributed by atoms with Crippen LogP contribution in [-0.2, 0) is 4.79 Å². The predicted molar refractivity (Wildman–Crippen MR) is 146 cm³/mol. The summed E-state index contributed by atoms with van der Waals surface area (Å²) in [5.74, 6) is -0.577. The van der Waals surface area contributed by atoms with Crippen molar-refractivity contribution in [2.45, 2.75) is 24.5 Å². The molecule has 190 valence electrons. The predicted octanol–water partition coefficient (Wildman–Crippen LogP) is 5.09. The van der Waals surface area contributed by atoms with Crippen LogP contribution in [0, 0.1) is 12.7 Å². The number of carbonyl (C=O) groups excluding carboxylic acids is 1. The summed E-state index contributed by atoms with van der Waals surface area (Å²) in [4.78, 5) is 34.5. The van der Waals surface area contributed by atoms with Gasteiger partial charge in [-0.05, 0) is 48.2 Å². The number of aromatic amines is 1. The largest absolute Gasteiger partial charge is 0.301 e. The van der Waals surface area contributed by atoms with Crippen molar-refractivity contribution in [3.05, 3.63) is 104 Å². The third kappa shape index (κ3) is 4.66. The number of amides is 1. The molecular formula is C27H21FN6O2S2. The summed E-state index contributed by atoms with van der Waals surface area (Å²) >= 11 is 2.68. The number of benzene rings is 2. The first kappa shape index (κ1) is 24.3. The van der Waals surface area contributed by atoms with Gasteiger partial charge in [-0.2, -0.15) is 10.2 Å². The first-order valence-corrected chi connectivity index (χ1v) is 13.7. The number of aromatic nitrogens is 4. The molecule has 0 saturated heterocycles. The van der Waals surface area contributed by atoms with Crippen molar-refractivity contribution in [1.82, 2.24) is 24.8 Å². The van der Waals surface area contributed by atoms with Gasteiger partial charge in [-0.1, -0.05) is 47.7 Å². The van der Waals surface area contributed by atoms with Gasteiger partial charge in [-0.15, -0.1) is 11.3 Å². The molecule has 0 saturated carbocycles. The molecule has 1 aliphatic rings. The number of thiophene rings is 1. The number of aryl methyl sites for hydroxylation is 1. The van der Waals surface area contributed by atoms with E-state index in [-0.39, 0.29) is 29.1 Å². The van der Waals surface area contributed by atoms with Crippen molar-refractivity contribution >= 4 is 45.8 Å². The average Bonchev–Trinajstić information content (AvgIpc) is 3.68. The van der Waals surface area contributed by atoms with Crippen LogP contribution in [0.5, 0.6) is 0 Å². The topological polar surface area (TPSA) is 96.2 Å². The zero-order valence-electron chi connectivity index (χ0n) is 20.2. The van der Waals surface area contributed by atoms with Gasteiger partial charge in [0, 0.05) is 6.42 Å². The lowest BCUT2D eigenvalue weighted by Gasteiger charge is -2.21. The Labute approximate surface area is 224 Å². The fourth-order valence-corrected chi connectivity index (χ4v) is 5.74. The molecule has 4 heterocycles. The second-order valence-corrected chi connectivity index (χ2v) is 10.7. The summed E-state index contributed by atoms with van der Waals surface area (Å²) in [6.45, 7) is 1.99. The van der Waals surface area contributed by atoms with E-state index in [9.17, 15) is 14.0 Å². The summed E-state index contributed by atoms with van der Waals surface area (Å²) in [6, 6.07) is 17.4. The van der Waals surface area contributed by atoms with E-state index in [0.29, 0.717) is 22.6 Å². The molecule has 5 aromatic rings. The Balaban J connectivity index is 1.26. The minimum Gasteiger partial charge on any atom is -0.301 e. The van der Waals surface area contributed by atoms with E-state index in [0.717, 1.165) is 39.2 Å². The van der Waals surface area contributed by atoms with Crippen LogP contribution in [0.1, 0.15) is 28.5 Å². The number of nitrogens with zero attached hydrogens (tertiary/aromatic N) is 5. The lowest BCUT2D eigenvalue weighted by atomic mass is 10.0. The van der Waals surface area contributed by atoms with Crippen molar-refractivity contribution in [2.75, 3.05) is 5.75 Å². The normalized spacial score (nSPS) is 15.3. The Kier molecular flexibility index (Phi) is 6.38. The fraction of sp³-hybridized carbons (Fsp3) is 0.148. The molecule has 0 fully saturated rings. The SMILES string of the molecule is Cc1ccc(-n2ncc3c(=O)[nH]c(SCC(=O)N4N=C(c5cccs5)C[C@@H]4c4ccc(F)cc4)nc32)cc1. The molecule has 8 nitrogen and oxygen atoms in total. The lowest BCUT2D eigenvalue weighted by Crippen LogP contribution is -2.28. The van der Waals surface area contributed by atoms with Gasteiger partial charge in [-0.25, -0.2) is 19.1 Å². The highest BCUT2D eigenvalue weighted by atomic mass is 32.2. The van der Waals surface area contributed by atoms with E-state index in [4.69, 9.17) is 0 Å². The number of halogens is 1.